The third-order valence-corrected chi connectivity index (χ3v) is 2.08. The van der Waals surface area contributed by atoms with Crippen LogP contribution in [0.15, 0.2) is 18.2 Å². The third kappa shape index (κ3) is 3.16. The van der Waals surface area contributed by atoms with E-state index in [2.05, 4.69) is 4.74 Å². The quantitative estimate of drug-likeness (QED) is 0.469. The summed E-state index contributed by atoms with van der Waals surface area (Å²) in [6.45, 7) is 1.36. The van der Waals surface area contributed by atoms with Gasteiger partial charge >= 0.3 is 5.97 Å². The van der Waals surface area contributed by atoms with Crippen molar-refractivity contribution in [3.63, 3.8) is 0 Å². The number of carbonyl (C=O) groups excluding carboxylic acids is 1. The highest BCUT2D eigenvalue weighted by atomic mass is 35.5. The van der Waals surface area contributed by atoms with Crippen LogP contribution in [0.2, 0.25) is 5.02 Å². The molecule has 0 radical (unpaired) electrons. The van der Waals surface area contributed by atoms with Gasteiger partial charge in [-0.25, -0.2) is 4.79 Å². The predicted molar refractivity (Wildman–Crippen MR) is 58.6 cm³/mol. The Bertz CT molecular complexity index is 510. The molecule has 6 nitrogen and oxygen atoms in total. The fourth-order valence-electron chi connectivity index (χ4n) is 1.08. The Morgan fingerprint density at radius 3 is 2.82 bits per heavy atom. The first-order chi connectivity index (χ1) is 7.95. The summed E-state index contributed by atoms with van der Waals surface area (Å²) < 4.78 is 4.67. The topological polar surface area (TPSA) is 93.2 Å². The summed E-state index contributed by atoms with van der Waals surface area (Å²) in [6.07, 6.45) is -0.974. The minimum Gasteiger partial charge on any atom is -0.443 e. The van der Waals surface area contributed by atoms with Crippen LogP contribution in [0.1, 0.15) is 17.3 Å². The lowest BCUT2D eigenvalue weighted by atomic mass is 10.2. The van der Waals surface area contributed by atoms with E-state index in [9.17, 15) is 14.9 Å². The Morgan fingerprint density at radius 1 is 1.65 bits per heavy atom. The molecule has 17 heavy (non-hydrogen) atoms. The number of esters is 1. The van der Waals surface area contributed by atoms with Gasteiger partial charge in [0, 0.05) is 11.1 Å². The van der Waals surface area contributed by atoms with E-state index in [-0.39, 0.29) is 10.6 Å². The SMILES string of the molecule is CC(C#N)OC(=O)c1ccc(Cl)cc1[N+](=O)[O-]. The van der Waals surface area contributed by atoms with Crippen LogP contribution in [0.25, 0.3) is 0 Å². The number of ether oxygens (including phenoxy) is 1. The summed E-state index contributed by atoms with van der Waals surface area (Å²) in [4.78, 5) is 21.5. The van der Waals surface area contributed by atoms with E-state index in [4.69, 9.17) is 16.9 Å². The van der Waals surface area contributed by atoms with Crippen LogP contribution in [-0.4, -0.2) is 17.0 Å². The lowest BCUT2D eigenvalue weighted by Crippen LogP contribution is -2.14. The van der Waals surface area contributed by atoms with Crippen molar-refractivity contribution in [2.45, 2.75) is 13.0 Å². The molecule has 0 aliphatic heterocycles. The van der Waals surface area contributed by atoms with Crippen molar-refractivity contribution >= 4 is 23.3 Å². The van der Waals surface area contributed by atoms with Crippen molar-refractivity contribution in [1.82, 2.24) is 0 Å². The van der Waals surface area contributed by atoms with E-state index < -0.39 is 22.7 Å². The molecular weight excluding hydrogens is 248 g/mol. The first-order valence-electron chi connectivity index (χ1n) is 4.50. The summed E-state index contributed by atoms with van der Waals surface area (Å²) in [5, 5.41) is 19.3. The number of nitro benzene ring substituents is 1. The minimum absolute atomic E-state index is 0.140. The molecule has 0 N–H and O–H groups in total. The number of nitrogens with zero attached hydrogens (tertiary/aromatic N) is 2. The average molecular weight is 255 g/mol. The van der Waals surface area contributed by atoms with E-state index in [1.807, 2.05) is 0 Å². The van der Waals surface area contributed by atoms with Crippen molar-refractivity contribution in [2.75, 3.05) is 0 Å². The normalized spacial score (nSPS) is 11.4. The highest BCUT2D eigenvalue weighted by molar-refractivity contribution is 6.31. The summed E-state index contributed by atoms with van der Waals surface area (Å²) in [7, 11) is 0. The standard InChI is InChI=1S/C10H7ClN2O4/c1-6(5-12)17-10(14)8-3-2-7(11)4-9(8)13(15)16/h2-4,6H,1H3. The number of halogens is 1. The third-order valence-electron chi connectivity index (χ3n) is 1.84. The average Bonchev–Trinajstić information content (AvgIpc) is 2.28. The Balaban J connectivity index is 3.10. The molecule has 88 valence electrons. The zero-order valence-electron chi connectivity index (χ0n) is 8.71. The van der Waals surface area contributed by atoms with Gasteiger partial charge in [-0.05, 0) is 19.1 Å². The second kappa shape index (κ2) is 5.27. The molecule has 1 rings (SSSR count). The fraction of sp³-hybridized carbons (Fsp3) is 0.200. The summed E-state index contributed by atoms with van der Waals surface area (Å²) in [5.74, 6) is -0.928. The smallest absolute Gasteiger partial charge is 0.346 e. The van der Waals surface area contributed by atoms with Gasteiger partial charge in [0.1, 0.15) is 11.6 Å². The molecule has 0 saturated carbocycles. The highest BCUT2D eigenvalue weighted by Crippen LogP contribution is 2.24. The number of benzene rings is 1. The maximum Gasteiger partial charge on any atom is 0.346 e. The van der Waals surface area contributed by atoms with Crippen LogP contribution < -0.4 is 0 Å². The predicted octanol–water partition coefficient (Wildman–Crippen LogP) is 2.32. The Kier molecular flexibility index (Phi) is 4.01. The van der Waals surface area contributed by atoms with Crippen molar-refractivity contribution < 1.29 is 14.5 Å². The van der Waals surface area contributed by atoms with Gasteiger partial charge in [-0.2, -0.15) is 5.26 Å². The molecule has 1 atom stereocenters. The van der Waals surface area contributed by atoms with Crippen molar-refractivity contribution in [3.8, 4) is 6.07 Å². The van der Waals surface area contributed by atoms with Gasteiger partial charge in [0.2, 0.25) is 0 Å². The Hall–Kier alpha value is -2.13. The molecule has 0 bridgehead atoms. The molecule has 0 heterocycles. The van der Waals surface area contributed by atoms with Gasteiger partial charge in [-0.1, -0.05) is 11.6 Å². The van der Waals surface area contributed by atoms with E-state index in [1.165, 1.54) is 19.1 Å². The van der Waals surface area contributed by atoms with Gasteiger partial charge in [-0.3, -0.25) is 10.1 Å². The lowest BCUT2D eigenvalue weighted by Gasteiger charge is -2.06. The Labute approximate surface area is 102 Å². The molecule has 0 saturated heterocycles. The van der Waals surface area contributed by atoms with Crippen LogP contribution in [0.4, 0.5) is 5.69 Å². The van der Waals surface area contributed by atoms with E-state index >= 15 is 0 Å². The van der Waals surface area contributed by atoms with Gasteiger partial charge in [0.15, 0.2) is 6.10 Å². The zero-order valence-corrected chi connectivity index (χ0v) is 9.47. The zero-order chi connectivity index (χ0) is 13.0. The molecule has 7 heteroatoms. The molecule has 1 aromatic carbocycles. The minimum atomic E-state index is -0.974. The largest absolute Gasteiger partial charge is 0.443 e. The maximum absolute atomic E-state index is 11.5. The number of rotatable bonds is 3. The van der Waals surface area contributed by atoms with Crippen LogP contribution >= 0.6 is 11.6 Å². The van der Waals surface area contributed by atoms with Crippen molar-refractivity contribution in [2.24, 2.45) is 0 Å². The van der Waals surface area contributed by atoms with E-state index in [1.54, 1.807) is 6.07 Å². The molecule has 1 aromatic rings. The molecule has 0 aromatic heterocycles. The number of carbonyl (C=O) groups is 1. The van der Waals surface area contributed by atoms with Crippen molar-refractivity contribution in [1.29, 1.82) is 5.26 Å². The highest BCUT2D eigenvalue weighted by Gasteiger charge is 2.23. The monoisotopic (exact) mass is 254 g/mol. The summed E-state index contributed by atoms with van der Waals surface area (Å²) >= 11 is 5.59. The van der Waals surface area contributed by atoms with Gasteiger partial charge < -0.3 is 4.74 Å². The van der Waals surface area contributed by atoms with Crippen LogP contribution in [-0.2, 0) is 4.74 Å². The van der Waals surface area contributed by atoms with Crippen LogP contribution in [0.5, 0.6) is 0 Å². The number of nitro groups is 1. The molecule has 0 aliphatic rings. The lowest BCUT2D eigenvalue weighted by molar-refractivity contribution is -0.385. The number of hydrogen-bond donors (Lipinski definition) is 0. The number of nitriles is 1. The number of hydrogen-bond acceptors (Lipinski definition) is 5. The van der Waals surface area contributed by atoms with Crippen LogP contribution in [0, 0.1) is 21.4 Å². The van der Waals surface area contributed by atoms with Gasteiger partial charge in [-0.15, -0.1) is 0 Å². The van der Waals surface area contributed by atoms with E-state index in [0.29, 0.717) is 0 Å². The van der Waals surface area contributed by atoms with Crippen LogP contribution in [0.3, 0.4) is 0 Å². The summed E-state index contributed by atoms with van der Waals surface area (Å²) in [6, 6.07) is 5.26. The molecule has 0 aliphatic carbocycles. The van der Waals surface area contributed by atoms with Gasteiger partial charge in [0.25, 0.3) is 5.69 Å². The maximum atomic E-state index is 11.5. The second-order valence-electron chi connectivity index (χ2n) is 3.10. The van der Waals surface area contributed by atoms with Gasteiger partial charge in [0.05, 0.1) is 4.92 Å². The molecule has 0 spiro atoms. The molecular formula is C10H7ClN2O4. The first kappa shape index (κ1) is 12.9. The van der Waals surface area contributed by atoms with Crippen molar-refractivity contribution in [3.05, 3.63) is 38.9 Å². The first-order valence-corrected chi connectivity index (χ1v) is 4.88. The second-order valence-corrected chi connectivity index (χ2v) is 3.53. The van der Waals surface area contributed by atoms with E-state index in [0.717, 1.165) is 6.07 Å². The molecule has 1 unspecified atom stereocenters. The molecule has 0 fully saturated rings. The fourth-order valence-corrected chi connectivity index (χ4v) is 1.25. The summed E-state index contributed by atoms with van der Waals surface area (Å²) in [5.41, 5.74) is -0.686. The Morgan fingerprint density at radius 2 is 2.29 bits per heavy atom. The molecule has 0 amide bonds.